The monoisotopic (exact) mass is 1470 g/mol. The van der Waals surface area contributed by atoms with Crippen LogP contribution < -0.4 is 0 Å². The van der Waals surface area contributed by atoms with E-state index in [4.69, 9.17) is 37.0 Å². The van der Waals surface area contributed by atoms with Gasteiger partial charge in [0, 0.05) is 25.7 Å². The second-order valence-electron chi connectivity index (χ2n) is 29.6. The summed E-state index contributed by atoms with van der Waals surface area (Å²) < 4.78 is 68.7. The molecule has 0 spiro atoms. The molecule has 5 atom stereocenters. The van der Waals surface area contributed by atoms with Crippen molar-refractivity contribution in [3.63, 3.8) is 0 Å². The van der Waals surface area contributed by atoms with Crippen LogP contribution in [0.4, 0.5) is 0 Å². The highest BCUT2D eigenvalue weighted by Crippen LogP contribution is 2.45. The summed E-state index contributed by atoms with van der Waals surface area (Å²) in [4.78, 5) is 73.0. The van der Waals surface area contributed by atoms with Crippen molar-refractivity contribution in [2.24, 2.45) is 5.92 Å². The predicted octanol–water partition coefficient (Wildman–Crippen LogP) is 24.4. The van der Waals surface area contributed by atoms with Crippen molar-refractivity contribution in [2.45, 2.75) is 451 Å². The van der Waals surface area contributed by atoms with E-state index in [1.807, 2.05) is 0 Å². The second kappa shape index (κ2) is 73.9. The Kier molecular flexibility index (Phi) is 72.5. The van der Waals surface area contributed by atoms with Gasteiger partial charge in [0.25, 0.3) is 0 Å². The lowest BCUT2D eigenvalue weighted by Crippen LogP contribution is -2.30. The zero-order chi connectivity index (χ0) is 73.4. The first kappa shape index (κ1) is 98.1. The first-order chi connectivity index (χ1) is 48.5. The quantitative estimate of drug-likeness (QED) is 0.0222. The molecule has 0 saturated heterocycles. The minimum Gasteiger partial charge on any atom is -0.462 e. The van der Waals surface area contributed by atoms with Gasteiger partial charge < -0.3 is 33.8 Å². The third-order valence-electron chi connectivity index (χ3n) is 19.0. The smallest absolute Gasteiger partial charge is 0.462 e. The molecule has 2 unspecified atom stereocenters. The molecule has 0 heterocycles. The number of esters is 4. The van der Waals surface area contributed by atoms with E-state index in [1.165, 1.54) is 257 Å². The molecule has 100 heavy (non-hydrogen) atoms. The number of phosphoric ester groups is 2. The van der Waals surface area contributed by atoms with Crippen LogP contribution in [0.1, 0.15) is 433 Å². The molecule has 0 aromatic rings. The average molecular weight is 1470 g/mol. The van der Waals surface area contributed by atoms with Gasteiger partial charge in [0.15, 0.2) is 12.2 Å². The molecule has 0 aliphatic carbocycles. The predicted molar refractivity (Wildman–Crippen MR) is 409 cm³/mol. The van der Waals surface area contributed by atoms with Gasteiger partial charge in [-0.3, -0.25) is 37.3 Å². The number of phosphoric acid groups is 2. The van der Waals surface area contributed by atoms with Crippen molar-refractivity contribution in [3.8, 4) is 0 Å². The molecule has 0 amide bonds. The SMILES string of the molecule is CCCCCCCCCCCCCCCCCCCCC(=O)OC[C@H](COP(=O)(O)OC[C@@H](O)COP(=O)(O)OC[C@@H](COC(=O)CCCCCCCCCCCCCC)OC(=O)CCCCCCCCCCCC(C)C)OC(=O)CCCCCCCCCCCCCCCCCCCC. The first-order valence-corrected chi connectivity index (χ1v) is 45.1. The summed E-state index contributed by atoms with van der Waals surface area (Å²) in [6.45, 7) is 7.31. The number of carbonyl (C=O) groups excluding carboxylic acids is 4. The number of unbranched alkanes of at least 4 members (excludes halogenated alkanes) is 53. The molecule has 0 aliphatic rings. The molecule has 0 fully saturated rings. The number of rotatable bonds is 81. The van der Waals surface area contributed by atoms with E-state index in [2.05, 4.69) is 34.6 Å². The standard InChI is InChI=1S/C81H158O17P2/c1-6-9-12-15-18-21-24-27-29-31-33-35-37-40-45-50-55-60-65-79(84)92-70-76(97-80(85)66-61-56-51-46-41-38-36-34-32-30-28-25-22-19-16-13-10-7-2)72-95-99(87,88)93-68-75(82)69-94-100(89,90)96-73-77(98-81(86)67-62-57-52-47-42-43-48-53-58-63-74(4)5)71-91-78(83)64-59-54-49-44-39-26-23-20-17-14-11-8-3/h74-77,82H,6-73H2,1-5H3,(H,87,88)(H,89,90)/t75-,76-,77-/m1/s1. The molecule has 0 saturated carbocycles. The molecule has 594 valence electrons. The van der Waals surface area contributed by atoms with E-state index >= 15 is 0 Å². The largest absolute Gasteiger partial charge is 0.472 e. The van der Waals surface area contributed by atoms with Crippen molar-refractivity contribution >= 4 is 39.5 Å². The fourth-order valence-corrected chi connectivity index (χ4v) is 14.2. The number of carbonyl (C=O) groups is 4. The number of aliphatic hydroxyl groups is 1. The summed E-state index contributed by atoms with van der Waals surface area (Å²) in [6, 6.07) is 0. The normalized spacial score (nSPS) is 13.8. The number of aliphatic hydroxyl groups excluding tert-OH is 1. The third kappa shape index (κ3) is 74.3. The van der Waals surface area contributed by atoms with Crippen LogP contribution in [0.3, 0.4) is 0 Å². The zero-order valence-electron chi connectivity index (χ0n) is 65.3. The molecule has 19 heteroatoms. The lowest BCUT2D eigenvalue weighted by atomic mass is 10.0. The summed E-state index contributed by atoms with van der Waals surface area (Å²) in [6.07, 6.45) is 65.2. The molecule has 0 rings (SSSR count). The Morgan fingerprint density at radius 2 is 0.460 bits per heavy atom. The molecular formula is C81H158O17P2. The molecule has 0 aromatic heterocycles. The van der Waals surface area contributed by atoms with Gasteiger partial charge in [0.1, 0.15) is 19.3 Å². The Labute approximate surface area is 613 Å². The van der Waals surface area contributed by atoms with E-state index < -0.39 is 97.5 Å². The van der Waals surface area contributed by atoms with Gasteiger partial charge in [-0.15, -0.1) is 0 Å². The minimum absolute atomic E-state index is 0.106. The van der Waals surface area contributed by atoms with Gasteiger partial charge >= 0.3 is 39.5 Å². The molecule has 3 N–H and O–H groups in total. The maximum absolute atomic E-state index is 13.1. The van der Waals surface area contributed by atoms with Crippen LogP contribution in [-0.2, 0) is 65.4 Å². The number of hydrogen-bond acceptors (Lipinski definition) is 15. The van der Waals surface area contributed by atoms with Crippen LogP contribution in [0.25, 0.3) is 0 Å². The Bertz CT molecular complexity index is 1910. The van der Waals surface area contributed by atoms with Crippen LogP contribution >= 0.6 is 15.6 Å². The molecular weight excluding hydrogens is 1310 g/mol. The molecule has 0 aromatic carbocycles. The number of ether oxygens (including phenoxy) is 4. The third-order valence-corrected chi connectivity index (χ3v) is 20.9. The zero-order valence-corrected chi connectivity index (χ0v) is 67.1. The second-order valence-corrected chi connectivity index (χ2v) is 32.5. The fraction of sp³-hybridized carbons (Fsp3) is 0.951. The van der Waals surface area contributed by atoms with Gasteiger partial charge in [0.05, 0.1) is 26.4 Å². The van der Waals surface area contributed by atoms with E-state index in [0.29, 0.717) is 25.7 Å². The highest BCUT2D eigenvalue weighted by atomic mass is 31.2. The fourth-order valence-electron chi connectivity index (χ4n) is 12.6. The van der Waals surface area contributed by atoms with Crippen LogP contribution in [0.5, 0.6) is 0 Å². The molecule has 0 aliphatic heterocycles. The summed E-state index contributed by atoms with van der Waals surface area (Å²) in [7, 11) is -9.92. The van der Waals surface area contributed by atoms with Gasteiger partial charge in [-0.05, 0) is 31.6 Å². The van der Waals surface area contributed by atoms with Crippen LogP contribution in [0, 0.1) is 5.92 Å². The summed E-state index contributed by atoms with van der Waals surface area (Å²) in [5.74, 6) is -1.37. The first-order valence-electron chi connectivity index (χ1n) is 42.1. The highest BCUT2D eigenvalue weighted by molar-refractivity contribution is 7.47. The average Bonchev–Trinajstić information content (AvgIpc) is 0.934. The minimum atomic E-state index is -4.96. The summed E-state index contributed by atoms with van der Waals surface area (Å²) >= 11 is 0. The molecule has 0 radical (unpaired) electrons. The van der Waals surface area contributed by atoms with Crippen LogP contribution in [-0.4, -0.2) is 96.7 Å². The Morgan fingerprint density at radius 3 is 0.680 bits per heavy atom. The maximum atomic E-state index is 13.1. The Morgan fingerprint density at radius 1 is 0.270 bits per heavy atom. The summed E-state index contributed by atoms with van der Waals surface area (Å²) in [5, 5.41) is 10.6. The highest BCUT2D eigenvalue weighted by Gasteiger charge is 2.30. The lowest BCUT2D eigenvalue weighted by molar-refractivity contribution is -0.161. The molecule has 17 nitrogen and oxygen atoms in total. The molecule has 0 bridgehead atoms. The summed E-state index contributed by atoms with van der Waals surface area (Å²) in [5.41, 5.74) is 0. The van der Waals surface area contributed by atoms with E-state index in [1.54, 1.807) is 0 Å². The van der Waals surface area contributed by atoms with Crippen LogP contribution in [0.15, 0.2) is 0 Å². The van der Waals surface area contributed by atoms with Gasteiger partial charge in [0.2, 0.25) is 0 Å². The Balaban J connectivity index is 5.24. The van der Waals surface area contributed by atoms with E-state index in [0.717, 1.165) is 95.8 Å². The van der Waals surface area contributed by atoms with Crippen molar-refractivity contribution in [3.05, 3.63) is 0 Å². The van der Waals surface area contributed by atoms with Gasteiger partial charge in [-0.1, -0.05) is 381 Å². The van der Waals surface area contributed by atoms with Crippen molar-refractivity contribution in [1.29, 1.82) is 0 Å². The van der Waals surface area contributed by atoms with E-state index in [-0.39, 0.29) is 25.7 Å². The van der Waals surface area contributed by atoms with Crippen LogP contribution in [0.2, 0.25) is 0 Å². The van der Waals surface area contributed by atoms with Crippen molar-refractivity contribution in [1.82, 2.24) is 0 Å². The van der Waals surface area contributed by atoms with Crippen molar-refractivity contribution < 1.29 is 80.2 Å². The van der Waals surface area contributed by atoms with Gasteiger partial charge in [-0.2, -0.15) is 0 Å². The topological polar surface area (TPSA) is 237 Å². The number of hydrogen-bond donors (Lipinski definition) is 3. The Hall–Kier alpha value is -1.94. The maximum Gasteiger partial charge on any atom is 0.472 e. The van der Waals surface area contributed by atoms with E-state index in [9.17, 15) is 43.2 Å². The lowest BCUT2D eigenvalue weighted by Gasteiger charge is -2.21. The van der Waals surface area contributed by atoms with Crippen molar-refractivity contribution in [2.75, 3.05) is 39.6 Å². The van der Waals surface area contributed by atoms with Gasteiger partial charge in [-0.25, -0.2) is 9.13 Å².